The Bertz CT molecular complexity index is 1250. The first-order valence-electron chi connectivity index (χ1n) is 8.67. The standard InChI is InChI=1S/C23H15FN2O2/c24-17-9-4-10-18-21(17)20(16-7-2-1-3-8-16)22(23(28)26-18)19(27)12-11-15-6-5-13-25-14-15/h1-14H,(H,26,28)/b12-11+. The number of nitrogens with one attached hydrogen (secondary N) is 1. The second-order valence-electron chi connectivity index (χ2n) is 6.22. The van der Waals surface area contributed by atoms with Crippen LogP contribution in [0.15, 0.2) is 83.9 Å². The average molecular weight is 370 g/mol. The first kappa shape index (κ1) is 17.5. The fraction of sp³-hybridized carbons (Fsp3) is 0. The molecule has 0 radical (unpaired) electrons. The Hall–Kier alpha value is -3.86. The van der Waals surface area contributed by atoms with Gasteiger partial charge in [-0.1, -0.05) is 42.5 Å². The number of allylic oxidation sites excluding steroid dienone is 1. The van der Waals surface area contributed by atoms with Crippen LogP contribution < -0.4 is 5.56 Å². The van der Waals surface area contributed by atoms with Gasteiger partial charge in [0.05, 0.1) is 11.1 Å². The van der Waals surface area contributed by atoms with Crippen molar-refractivity contribution in [3.63, 3.8) is 0 Å². The number of aromatic nitrogens is 2. The van der Waals surface area contributed by atoms with Gasteiger partial charge in [-0.2, -0.15) is 0 Å². The Labute approximate surface area is 160 Å². The summed E-state index contributed by atoms with van der Waals surface area (Å²) in [5.74, 6) is -1.01. The minimum atomic E-state index is -0.558. The molecule has 0 aliphatic carbocycles. The Balaban J connectivity index is 1.96. The molecule has 0 unspecified atom stereocenters. The number of fused-ring (bicyclic) bond motifs is 1. The molecule has 0 amide bonds. The molecular formula is C23H15FN2O2. The van der Waals surface area contributed by atoms with Gasteiger partial charge in [0.15, 0.2) is 5.78 Å². The topological polar surface area (TPSA) is 62.8 Å². The van der Waals surface area contributed by atoms with E-state index in [1.165, 1.54) is 18.2 Å². The molecule has 0 saturated heterocycles. The number of pyridine rings is 2. The van der Waals surface area contributed by atoms with Crippen LogP contribution >= 0.6 is 0 Å². The molecule has 4 rings (SSSR count). The fourth-order valence-corrected chi connectivity index (χ4v) is 3.16. The molecule has 4 nitrogen and oxygen atoms in total. The number of H-pyrrole nitrogens is 1. The van der Waals surface area contributed by atoms with Gasteiger partial charge in [0, 0.05) is 23.3 Å². The minimum absolute atomic E-state index is 0.0936. The SMILES string of the molecule is O=C(/C=C/c1cccnc1)c1c(-c2ccccc2)c2c(F)cccc2[nH]c1=O. The van der Waals surface area contributed by atoms with Crippen molar-refractivity contribution in [3.8, 4) is 11.1 Å². The van der Waals surface area contributed by atoms with Gasteiger partial charge < -0.3 is 4.98 Å². The second-order valence-corrected chi connectivity index (χ2v) is 6.22. The van der Waals surface area contributed by atoms with Gasteiger partial charge >= 0.3 is 0 Å². The van der Waals surface area contributed by atoms with E-state index in [0.717, 1.165) is 5.56 Å². The molecule has 5 heteroatoms. The lowest BCUT2D eigenvalue weighted by Gasteiger charge is -2.12. The summed E-state index contributed by atoms with van der Waals surface area (Å²) >= 11 is 0. The molecule has 2 heterocycles. The number of carbonyl (C=O) groups is 1. The molecule has 0 aliphatic heterocycles. The number of rotatable bonds is 4. The summed E-state index contributed by atoms with van der Waals surface area (Å²) in [7, 11) is 0. The number of hydrogen-bond donors (Lipinski definition) is 1. The van der Waals surface area contributed by atoms with Crippen molar-refractivity contribution in [3.05, 3.63) is 106 Å². The number of benzene rings is 2. The summed E-state index contributed by atoms with van der Waals surface area (Å²) in [6.45, 7) is 0. The van der Waals surface area contributed by atoms with Gasteiger partial charge in [-0.3, -0.25) is 14.6 Å². The third kappa shape index (κ3) is 3.25. The van der Waals surface area contributed by atoms with Crippen LogP contribution in [-0.4, -0.2) is 15.8 Å². The van der Waals surface area contributed by atoms with Gasteiger partial charge in [-0.05, 0) is 41.5 Å². The monoisotopic (exact) mass is 370 g/mol. The zero-order valence-corrected chi connectivity index (χ0v) is 14.7. The van der Waals surface area contributed by atoms with Crippen LogP contribution in [0.3, 0.4) is 0 Å². The van der Waals surface area contributed by atoms with Crippen LogP contribution in [0.1, 0.15) is 15.9 Å². The van der Waals surface area contributed by atoms with E-state index in [1.807, 2.05) is 6.07 Å². The predicted molar refractivity (Wildman–Crippen MR) is 108 cm³/mol. The van der Waals surface area contributed by atoms with Gasteiger partial charge in [0.1, 0.15) is 5.82 Å². The van der Waals surface area contributed by atoms with Crippen molar-refractivity contribution in [2.24, 2.45) is 0 Å². The second kappa shape index (κ2) is 7.40. The summed E-state index contributed by atoms with van der Waals surface area (Å²) in [4.78, 5) is 32.3. The van der Waals surface area contributed by atoms with Crippen LogP contribution in [-0.2, 0) is 0 Å². The average Bonchev–Trinajstić information content (AvgIpc) is 2.72. The molecule has 2 aromatic heterocycles. The number of carbonyl (C=O) groups excluding carboxylic acids is 1. The van der Waals surface area contributed by atoms with E-state index in [1.54, 1.807) is 60.9 Å². The zero-order valence-electron chi connectivity index (χ0n) is 14.7. The van der Waals surface area contributed by atoms with E-state index >= 15 is 0 Å². The Morgan fingerprint density at radius 3 is 2.57 bits per heavy atom. The normalized spacial score (nSPS) is 11.2. The van der Waals surface area contributed by atoms with Crippen molar-refractivity contribution in [1.29, 1.82) is 0 Å². The summed E-state index contributed by atoms with van der Waals surface area (Å²) in [6, 6.07) is 16.9. The highest BCUT2D eigenvalue weighted by Crippen LogP contribution is 2.31. The molecule has 1 N–H and O–H groups in total. The molecule has 0 bridgehead atoms. The van der Waals surface area contributed by atoms with Gasteiger partial charge in [-0.25, -0.2) is 4.39 Å². The molecule has 0 spiro atoms. The van der Waals surface area contributed by atoms with Crippen LogP contribution in [0, 0.1) is 5.82 Å². The smallest absolute Gasteiger partial charge is 0.260 e. The number of nitrogens with zero attached hydrogens (tertiary/aromatic N) is 1. The molecular weight excluding hydrogens is 355 g/mol. The maximum Gasteiger partial charge on any atom is 0.260 e. The predicted octanol–water partition coefficient (Wildman–Crippen LogP) is 4.63. The largest absolute Gasteiger partial charge is 0.321 e. The zero-order chi connectivity index (χ0) is 19.5. The maximum atomic E-state index is 14.7. The van der Waals surface area contributed by atoms with E-state index in [0.29, 0.717) is 16.6 Å². The third-order valence-corrected chi connectivity index (χ3v) is 4.41. The van der Waals surface area contributed by atoms with Gasteiger partial charge in [0.2, 0.25) is 0 Å². The van der Waals surface area contributed by atoms with E-state index in [4.69, 9.17) is 0 Å². The molecule has 136 valence electrons. The molecule has 0 aliphatic rings. The van der Waals surface area contributed by atoms with Crippen LogP contribution in [0.2, 0.25) is 0 Å². The Morgan fingerprint density at radius 1 is 1.00 bits per heavy atom. The highest BCUT2D eigenvalue weighted by Gasteiger charge is 2.21. The quantitative estimate of drug-likeness (QED) is 0.421. The molecule has 0 fully saturated rings. The number of halogens is 1. The van der Waals surface area contributed by atoms with E-state index in [2.05, 4.69) is 9.97 Å². The number of ketones is 1. The number of hydrogen-bond acceptors (Lipinski definition) is 3. The number of aromatic amines is 1. The Kier molecular flexibility index (Phi) is 4.64. The fourth-order valence-electron chi connectivity index (χ4n) is 3.16. The van der Waals surface area contributed by atoms with Gasteiger partial charge in [0.25, 0.3) is 5.56 Å². The third-order valence-electron chi connectivity index (χ3n) is 4.41. The lowest BCUT2D eigenvalue weighted by atomic mass is 9.93. The highest BCUT2D eigenvalue weighted by atomic mass is 19.1. The summed E-state index contributed by atoms with van der Waals surface area (Å²) in [5, 5.41) is 0.214. The lowest BCUT2D eigenvalue weighted by Crippen LogP contribution is -2.19. The van der Waals surface area contributed by atoms with Crippen molar-refractivity contribution < 1.29 is 9.18 Å². The molecule has 0 saturated carbocycles. The van der Waals surface area contributed by atoms with Crippen molar-refractivity contribution in [2.75, 3.05) is 0 Å². The van der Waals surface area contributed by atoms with E-state index < -0.39 is 17.2 Å². The summed E-state index contributed by atoms with van der Waals surface area (Å²) < 4.78 is 14.7. The summed E-state index contributed by atoms with van der Waals surface area (Å²) in [6.07, 6.45) is 6.12. The highest BCUT2D eigenvalue weighted by molar-refractivity contribution is 6.15. The van der Waals surface area contributed by atoms with E-state index in [9.17, 15) is 14.0 Å². The first-order chi connectivity index (χ1) is 13.6. The maximum absolute atomic E-state index is 14.7. The molecule has 4 aromatic rings. The summed E-state index contributed by atoms with van der Waals surface area (Å²) in [5.41, 5.74) is 1.30. The van der Waals surface area contributed by atoms with Crippen molar-refractivity contribution in [1.82, 2.24) is 9.97 Å². The van der Waals surface area contributed by atoms with Crippen molar-refractivity contribution >= 4 is 22.8 Å². The van der Waals surface area contributed by atoms with Crippen LogP contribution in [0.5, 0.6) is 0 Å². The Morgan fingerprint density at radius 2 is 1.82 bits per heavy atom. The molecule has 0 atom stereocenters. The van der Waals surface area contributed by atoms with E-state index in [-0.39, 0.29) is 10.9 Å². The van der Waals surface area contributed by atoms with Gasteiger partial charge in [-0.15, -0.1) is 0 Å². The first-order valence-corrected chi connectivity index (χ1v) is 8.67. The molecule has 2 aromatic carbocycles. The van der Waals surface area contributed by atoms with Crippen molar-refractivity contribution in [2.45, 2.75) is 0 Å². The van der Waals surface area contributed by atoms with Crippen LogP contribution in [0.25, 0.3) is 28.1 Å². The minimum Gasteiger partial charge on any atom is -0.321 e. The lowest BCUT2D eigenvalue weighted by molar-refractivity contribution is 0.104. The molecule has 28 heavy (non-hydrogen) atoms. The van der Waals surface area contributed by atoms with Crippen LogP contribution in [0.4, 0.5) is 4.39 Å².